The molecule has 2 aliphatic rings. The average Bonchev–Trinajstić information content (AvgIpc) is 3.54. The molecule has 1 saturated carbocycles. The van der Waals surface area contributed by atoms with Crippen molar-refractivity contribution in [2.75, 3.05) is 19.7 Å². The highest BCUT2D eigenvalue weighted by Gasteiger charge is 2.40. The summed E-state index contributed by atoms with van der Waals surface area (Å²) in [6, 6.07) is 5.94. The van der Waals surface area contributed by atoms with E-state index in [1.807, 2.05) is 6.08 Å². The number of likely N-dealkylation sites (tertiary alicyclic amines) is 1. The van der Waals surface area contributed by atoms with Crippen LogP contribution < -0.4 is 0 Å². The predicted octanol–water partition coefficient (Wildman–Crippen LogP) is 4.12. The van der Waals surface area contributed by atoms with Crippen LogP contribution in [0.5, 0.6) is 0 Å². The van der Waals surface area contributed by atoms with Crippen molar-refractivity contribution in [3.05, 3.63) is 59.4 Å². The van der Waals surface area contributed by atoms with Crippen LogP contribution in [0.15, 0.2) is 42.2 Å². The zero-order valence-corrected chi connectivity index (χ0v) is 20.2. The molecule has 2 aromatic rings. The Morgan fingerprint density at radius 1 is 1.30 bits per heavy atom. The number of Topliss-reactive ketones (excluding diaryl/α,β-unsaturated/α-hetero) is 1. The molecular formula is C24H29ClFN3O3S. The van der Waals surface area contributed by atoms with Gasteiger partial charge in [0.1, 0.15) is 18.2 Å². The quantitative estimate of drug-likeness (QED) is 0.443. The van der Waals surface area contributed by atoms with E-state index >= 15 is 0 Å². The van der Waals surface area contributed by atoms with Crippen LogP contribution in [0.2, 0.25) is 0 Å². The van der Waals surface area contributed by atoms with Gasteiger partial charge in [-0.1, -0.05) is 18.2 Å². The number of esters is 1. The number of piperidine rings is 1. The second kappa shape index (κ2) is 11.3. The third kappa shape index (κ3) is 6.05. The summed E-state index contributed by atoms with van der Waals surface area (Å²) in [4.78, 5) is 31.5. The summed E-state index contributed by atoms with van der Waals surface area (Å²) in [5, 5.41) is -0.00343. The Bertz CT molecular complexity index is 1020. The average molecular weight is 494 g/mol. The van der Waals surface area contributed by atoms with Gasteiger partial charge in [-0.3, -0.25) is 14.5 Å². The van der Waals surface area contributed by atoms with E-state index < -0.39 is 6.04 Å². The summed E-state index contributed by atoms with van der Waals surface area (Å²) >= 11 is 4.74. The third-order valence-corrected chi connectivity index (χ3v) is 6.57. The number of aromatic nitrogens is 2. The number of thiol groups is 1. The monoisotopic (exact) mass is 493 g/mol. The standard InChI is InChI=1S/C24H28FN3O3S.ClH/c1-2-31-22(29)15-27-12-10-26-21(27)13-17-14-28(11-9-20(17)32)23(24(30)16-7-8-16)18-5-3-4-6-19(18)25;/h3-6,10,12-13,16,20,23,32H,2,7-9,11,14-15H2,1H3;1H/b17-13+;. The molecule has 1 aliphatic carbocycles. The predicted molar refractivity (Wildman–Crippen MR) is 130 cm³/mol. The largest absolute Gasteiger partial charge is 0.465 e. The molecule has 1 aromatic carbocycles. The SMILES string of the molecule is CCOC(=O)Cn1ccnc1/C=C1\CN(C(C(=O)C2CC2)c2ccccc2F)CCC1S.Cl. The Morgan fingerprint density at radius 3 is 2.76 bits per heavy atom. The summed E-state index contributed by atoms with van der Waals surface area (Å²) < 4.78 is 21.5. The number of carbonyl (C=O) groups excluding carboxylic acids is 2. The Hall–Kier alpha value is -2.16. The number of imidazole rings is 1. The number of hydrogen-bond acceptors (Lipinski definition) is 6. The van der Waals surface area contributed by atoms with Crippen molar-refractivity contribution in [1.82, 2.24) is 14.5 Å². The number of rotatable bonds is 8. The first-order chi connectivity index (χ1) is 15.5. The van der Waals surface area contributed by atoms with Crippen LogP contribution in [0.1, 0.15) is 43.6 Å². The first-order valence-corrected chi connectivity index (χ1v) is 11.6. The number of halogens is 2. The number of carbonyl (C=O) groups is 2. The van der Waals surface area contributed by atoms with Gasteiger partial charge in [0.25, 0.3) is 0 Å². The molecule has 178 valence electrons. The molecular weight excluding hydrogens is 465 g/mol. The smallest absolute Gasteiger partial charge is 0.325 e. The highest BCUT2D eigenvalue weighted by atomic mass is 35.5. The van der Waals surface area contributed by atoms with Crippen LogP contribution >= 0.6 is 25.0 Å². The van der Waals surface area contributed by atoms with E-state index in [1.165, 1.54) is 6.07 Å². The zero-order chi connectivity index (χ0) is 22.7. The maximum Gasteiger partial charge on any atom is 0.325 e. The number of hydrogen-bond donors (Lipinski definition) is 1. The normalized spacial score (nSPS) is 20.8. The van der Waals surface area contributed by atoms with Crippen LogP contribution in [0.4, 0.5) is 4.39 Å². The Balaban J connectivity index is 0.00000306. The van der Waals surface area contributed by atoms with Gasteiger partial charge in [-0.15, -0.1) is 12.4 Å². The van der Waals surface area contributed by atoms with Gasteiger partial charge in [-0.2, -0.15) is 12.6 Å². The molecule has 0 spiro atoms. The summed E-state index contributed by atoms with van der Waals surface area (Å²) in [5.74, 6) is 0.0625. The highest BCUT2D eigenvalue weighted by Crippen LogP contribution is 2.39. The van der Waals surface area contributed by atoms with Crippen LogP contribution in [0.3, 0.4) is 0 Å². The van der Waals surface area contributed by atoms with Gasteiger partial charge in [0.2, 0.25) is 0 Å². The molecule has 2 fully saturated rings. The third-order valence-electron chi connectivity index (χ3n) is 5.98. The van der Waals surface area contributed by atoms with Crippen LogP contribution in [0, 0.1) is 11.7 Å². The van der Waals surface area contributed by atoms with Gasteiger partial charge in [0.05, 0.1) is 12.6 Å². The van der Waals surface area contributed by atoms with Gasteiger partial charge in [-0.25, -0.2) is 9.37 Å². The highest BCUT2D eigenvalue weighted by molar-refractivity contribution is 7.81. The fourth-order valence-corrected chi connectivity index (χ4v) is 4.45. The number of ketones is 1. The lowest BCUT2D eigenvalue weighted by atomic mass is 9.93. The molecule has 2 heterocycles. The minimum absolute atomic E-state index is 0. The molecule has 0 N–H and O–H groups in total. The molecule has 33 heavy (non-hydrogen) atoms. The van der Waals surface area contributed by atoms with E-state index in [1.54, 1.807) is 42.1 Å². The van der Waals surface area contributed by atoms with Crippen molar-refractivity contribution in [2.45, 2.75) is 44.0 Å². The maximum absolute atomic E-state index is 14.7. The molecule has 1 aliphatic heterocycles. The van der Waals surface area contributed by atoms with Gasteiger partial charge >= 0.3 is 5.97 Å². The number of benzene rings is 1. The van der Waals surface area contributed by atoms with Crippen LogP contribution in [0.25, 0.3) is 6.08 Å². The fraction of sp³-hybridized carbons (Fsp3) is 0.458. The fourth-order valence-electron chi connectivity index (χ4n) is 4.18. The summed E-state index contributed by atoms with van der Waals surface area (Å²) in [7, 11) is 0. The van der Waals surface area contributed by atoms with Crippen molar-refractivity contribution >= 4 is 42.9 Å². The van der Waals surface area contributed by atoms with Crippen LogP contribution in [-0.2, 0) is 20.9 Å². The molecule has 9 heteroatoms. The summed E-state index contributed by atoms with van der Waals surface area (Å²) in [5.41, 5.74) is 1.42. The molecule has 0 bridgehead atoms. The second-order valence-electron chi connectivity index (χ2n) is 8.31. The first kappa shape index (κ1) is 25.5. The Morgan fingerprint density at radius 2 is 2.06 bits per heavy atom. The van der Waals surface area contributed by atoms with E-state index in [0.717, 1.165) is 24.8 Å². The van der Waals surface area contributed by atoms with E-state index in [-0.39, 0.29) is 47.7 Å². The van der Waals surface area contributed by atoms with E-state index in [2.05, 4.69) is 9.88 Å². The maximum atomic E-state index is 14.7. The lowest BCUT2D eigenvalue weighted by Crippen LogP contribution is -2.42. The molecule has 1 saturated heterocycles. The lowest BCUT2D eigenvalue weighted by molar-refractivity contribution is -0.143. The minimum atomic E-state index is -0.604. The molecule has 2 atom stereocenters. The van der Waals surface area contributed by atoms with Gasteiger partial charge in [0, 0.05) is 42.2 Å². The Kier molecular flexibility index (Phi) is 8.73. The van der Waals surface area contributed by atoms with Gasteiger partial charge < -0.3 is 9.30 Å². The van der Waals surface area contributed by atoms with Crippen molar-refractivity contribution in [3.8, 4) is 0 Å². The summed E-state index contributed by atoms with van der Waals surface area (Å²) in [6.07, 6.45) is 7.77. The molecule has 0 amide bonds. The van der Waals surface area contributed by atoms with Gasteiger partial charge in [0.15, 0.2) is 5.78 Å². The molecule has 4 rings (SSSR count). The Labute approximate surface area is 205 Å². The number of ether oxygens (including phenoxy) is 1. The number of nitrogens with zero attached hydrogens (tertiary/aromatic N) is 3. The topological polar surface area (TPSA) is 64.4 Å². The van der Waals surface area contributed by atoms with Crippen molar-refractivity contribution < 1.29 is 18.7 Å². The van der Waals surface area contributed by atoms with E-state index in [0.29, 0.717) is 31.1 Å². The van der Waals surface area contributed by atoms with Crippen molar-refractivity contribution in [2.24, 2.45) is 5.92 Å². The summed E-state index contributed by atoms with van der Waals surface area (Å²) in [6.45, 7) is 3.31. The van der Waals surface area contributed by atoms with E-state index in [4.69, 9.17) is 17.4 Å². The second-order valence-corrected chi connectivity index (χ2v) is 8.94. The molecule has 2 unspecified atom stereocenters. The van der Waals surface area contributed by atoms with E-state index in [9.17, 15) is 14.0 Å². The van der Waals surface area contributed by atoms with Crippen molar-refractivity contribution in [3.63, 3.8) is 0 Å². The van der Waals surface area contributed by atoms with Crippen LogP contribution in [-0.4, -0.2) is 51.1 Å². The lowest BCUT2D eigenvalue weighted by Gasteiger charge is -2.37. The first-order valence-electron chi connectivity index (χ1n) is 11.1. The van der Waals surface area contributed by atoms with Gasteiger partial charge in [-0.05, 0) is 43.9 Å². The zero-order valence-electron chi connectivity index (χ0n) is 18.5. The minimum Gasteiger partial charge on any atom is -0.465 e. The van der Waals surface area contributed by atoms with Crippen molar-refractivity contribution in [1.29, 1.82) is 0 Å². The molecule has 1 aromatic heterocycles. The molecule has 0 radical (unpaired) electrons. The molecule has 6 nitrogen and oxygen atoms in total.